The number of hydrogen-bond acceptors (Lipinski definition) is 7. The molecule has 0 atom stereocenters. The molecule has 0 spiro atoms. The third-order valence-electron chi connectivity index (χ3n) is 4.99. The Kier molecular flexibility index (Phi) is 7.02. The van der Waals surface area contributed by atoms with Gasteiger partial charge < -0.3 is 19.1 Å². The Balaban J connectivity index is 2.01. The maximum atomic E-state index is 13.3. The van der Waals surface area contributed by atoms with Crippen LogP contribution in [0.1, 0.15) is 20.8 Å². The molecule has 0 saturated carbocycles. The normalized spacial score (nSPS) is 15.1. The number of carbonyl (C=O) groups is 1. The summed E-state index contributed by atoms with van der Waals surface area (Å²) < 4.78 is 43.7. The number of aryl methyl sites for hydroxylation is 1. The molecule has 1 aliphatic heterocycles. The Morgan fingerprint density at radius 1 is 1.23 bits per heavy atom. The molecule has 1 aliphatic rings. The molecule has 1 fully saturated rings. The first-order valence-corrected chi connectivity index (χ1v) is 11.7. The quantitative estimate of drug-likeness (QED) is 0.639. The summed E-state index contributed by atoms with van der Waals surface area (Å²) >= 11 is 1.57. The smallest absolute Gasteiger partial charge is 0.257 e. The number of benzene rings is 1. The van der Waals surface area contributed by atoms with Crippen LogP contribution in [0.3, 0.4) is 0 Å². The van der Waals surface area contributed by atoms with Gasteiger partial charge in [0.1, 0.15) is 0 Å². The Morgan fingerprint density at radius 2 is 1.93 bits per heavy atom. The maximum absolute atomic E-state index is 13.3. The van der Waals surface area contributed by atoms with Gasteiger partial charge in [0.05, 0.1) is 44.4 Å². The Labute approximate surface area is 181 Å². The van der Waals surface area contributed by atoms with Crippen molar-refractivity contribution in [3.63, 3.8) is 0 Å². The van der Waals surface area contributed by atoms with Gasteiger partial charge in [-0.25, -0.2) is 8.42 Å². The molecule has 0 bridgehead atoms. The molecule has 8 nitrogen and oxygen atoms in total. The molecule has 1 amide bonds. The molecule has 0 N–H and O–H groups in total. The molecule has 0 unspecified atom stereocenters. The second-order valence-electron chi connectivity index (χ2n) is 6.91. The van der Waals surface area contributed by atoms with Crippen LogP contribution < -0.4 is 9.47 Å². The predicted molar refractivity (Wildman–Crippen MR) is 114 cm³/mol. The second-order valence-corrected chi connectivity index (χ2v) is 9.85. The summed E-state index contributed by atoms with van der Waals surface area (Å²) in [5.41, 5.74) is 1.24. The molecule has 10 heteroatoms. The highest BCUT2D eigenvalue weighted by Gasteiger charge is 2.30. The van der Waals surface area contributed by atoms with Gasteiger partial charge in [-0.3, -0.25) is 4.79 Å². The number of thiophene rings is 1. The molecule has 164 valence electrons. The minimum absolute atomic E-state index is 0.00824. The van der Waals surface area contributed by atoms with Gasteiger partial charge in [-0.15, -0.1) is 11.3 Å². The van der Waals surface area contributed by atoms with E-state index in [1.807, 2.05) is 18.4 Å². The van der Waals surface area contributed by atoms with Gasteiger partial charge >= 0.3 is 0 Å². The fourth-order valence-electron chi connectivity index (χ4n) is 3.24. The van der Waals surface area contributed by atoms with Crippen molar-refractivity contribution >= 4 is 27.3 Å². The first kappa shape index (κ1) is 22.5. The zero-order chi connectivity index (χ0) is 21.9. The van der Waals surface area contributed by atoms with Crippen LogP contribution in [0.15, 0.2) is 28.5 Å². The number of morpholine rings is 1. The number of nitrogens with zero attached hydrogens (tertiary/aromatic N) is 2. The monoisotopic (exact) mass is 454 g/mol. The van der Waals surface area contributed by atoms with Crippen molar-refractivity contribution in [1.29, 1.82) is 0 Å². The minimum Gasteiger partial charge on any atom is -0.493 e. The molecule has 0 aliphatic carbocycles. The van der Waals surface area contributed by atoms with Gasteiger partial charge in [0.15, 0.2) is 11.5 Å². The van der Waals surface area contributed by atoms with Gasteiger partial charge in [0.2, 0.25) is 10.0 Å². The number of ether oxygens (including phenoxy) is 3. The summed E-state index contributed by atoms with van der Waals surface area (Å²) in [5.74, 6) is 0.0473. The van der Waals surface area contributed by atoms with E-state index in [0.717, 1.165) is 10.4 Å². The minimum atomic E-state index is -3.81. The van der Waals surface area contributed by atoms with Gasteiger partial charge in [0.25, 0.3) is 5.91 Å². The lowest BCUT2D eigenvalue weighted by molar-refractivity contribution is 0.0730. The Morgan fingerprint density at radius 3 is 2.50 bits per heavy atom. The van der Waals surface area contributed by atoms with Crippen molar-refractivity contribution in [2.24, 2.45) is 0 Å². The standard InChI is InChI=1S/C20H26N2O6S2/c1-14-5-10-29-18(14)13-21(2)20(23)16-11-15(12-17(26-3)19(16)27-4)30(24,25)22-6-8-28-9-7-22/h5,10-12H,6-9,13H2,1-4H3. The van der Waals surface area contributed by atoms with Crippen LogP contribution in [0.5, 0.6) is 11.5 Å². The molecule has 3 rings (SSSR count). The van der Waals surface area contributed by atoms with Crippen molar-refractivity contribution in [2.75, 3.05) is 47.6 Å². The summed E-state index contributed by atoms with van der Waals surface area (Å²) in [6, 6.07) is 4.76. The van der Waals surface area contributed by atoms with Crippen LogP contribution in [0.25, 0.3) is 0 Å². The maximum Gasteiger partial charge on any atom is 0.257 e. The highest BCUT2D eigenvalue weighted by molar-refractivity contribution is 7.89. The van der Waals surface area contributed by atoms with E-state index in [0.29, 0.717) is 19.8 Å². The molecular weight excluding hydrogens is 428 g/mol. The van der Waals surface area contributed by atoms with Gasteiger partial charge in [-0.2, -0.15) is 4.31 Å². The van der Waals surface area contributed by atoms with Gasteiger partial charge in [-0.1, -0.05) is 0 Å². The van der Waals surface area contributed by atoms with Crippen LogP contribution in [-0.4, -0.2) is 71.1 Å². The predicted octanol–water partition coefficient (Wildman–Crippen LogP) is 2.37. The third-order valence-corrected chi connectivity index (χ3v) is 7.87. The average molecular weight is 455 g/mol. The van der Waals surface area contributed by atoms with E-state index in [2.05, 4.69) is 0 Å². The number of methoxy groups -OCH3 is 2. The summed E-state index contributed by atoms with van der Waals surface area (Å²) in [5, 5.41) is 1.97. The van der Waals surface area contributed by atoms with Crippen molar-refractivity contribution in [1.82, 2.24) is 9.21 Å². The van der Waals surface area contributed by atoms with Crippen LogP contribution in [0.4, 0.5) is 0 Å². The number of rotatable bonds is 7. The van der Waals surface area contributed by atoms with Crippen molar-refractivity contribution in [3.8, 4) is 11.5 Å². The number of carbonyl (C=O) groups excluding carboxylic acids is 1. The average Bonchev–Trinajstić information content (AvgIpc) is 3.16. The summed E-state index contributed by atoms with van der Waals surface area (Å²) in [6.07, 6.45) is 0. The fourth-order valence-corrected chi connectivity index (χ4v) is 5.65. The van der Waals surface area contributed by atoms with Crippen LogP contribution in [0, 0.1) is 6.92 Å². The molecule has 2 heterocycles. The zero-order valence-corrected chi connectivity index (χ0v) is 19.1. The number of hydrogen-bond donors (Lipinski definition) is 0. The first-order chi connectivity index (χ1) is 14.3. The van der Waals surface area contributed by atoms with E-state index in [4.69, 9.17) is 14.2 Å². The zero-order valence-electron chi connectivity index (χ0n) is 17.5. The lowest BCUT2D eigenvalue weighted by Gasteiger charge is -2.27. The van der Waals surface area contributed by atoms with Gasteiger partial charge in [0, 0.05) is 31.1 Å². The van der Waals surface area contributed by atoms with Crippen LogP contribution in [-0.2, 0) is 21.3 Å². The van der Waals surface area contributed by atoms with Crippen LogP contribution >= 0.6 is 11.3 Å². The molecule has 1 aromatic heterocycles. The van der Waals surface area contributed by atoms with Crippen molar-refractivity contribution < 1.29 is 27.4 Å². The topological polar surface area (TPSA) is 85.4 Å². The molecule has 2 aromatic rings. The lowest BCUT2D eigenvalue weighted by Crippen LogP contribution is -2.40. The fraction of sp³-hybridized carbons (Fsp3) is 0.450. The highest BCUT2D eigenvalue weighted by atomic mass is 32.2. The van der Waals surface area contributed by atoms with Crippen LogP contribution in [0.2, 0.25) is 0 Å². The second kappa shape index (κ2) is 9.34. The van der Waals surface area contributed by atoms with Gasteiger partial charge in [-0.05, 0) is 30.0 Å². The van der Waals surface area contributed by atoms with Crippen molar-refractivity contribution in [2.45, 2.75) is 18.4 Å². The Hall–Kier alpha value is -2.14. The van der Waals surface area contributed by atoms with E-state index >= 15 is 0 Å². The molecule has 30 heavy (non-hydrogen) atoms. The number of amides is 1. The highest BCUT2D eigenvalue weighted by Crippen LogP contribution is 2.36. The van der Waals surface area contributed by atoms with E-state index in [9.17, 15) is 13.2 Å². The van der Waals surface area contributed by atoms with E-state index in [1.54, 1.807) is 23.3 Å². The third kappa shape index (κ3) is 4.46. The van der Waals surface area contributed by atoms with Crippen molar-refractivity contribution in [3.05, 3.63) is 39.6 Å². The lowest BCUT2D eigenvalue weighted by atomic mass is 10.1. The first-order valence-electron chi connectivity index (χ1n) is 9.42. The summed E-state index contributed by atoms with van der Waals surface area (Å²) in [4.78, 5) is 15.9. The molecule has 1 aromatic carbocycles. The molecule has 1 saturated heterocycles. The SMILES string of the molecule is COc1cc(S(=O)(=O)N2CCOCC2)cc(C(=O)N(C)Cc2sccc2C)c1OC. The van der Waals surface area contributed by atoms with E-state index < -0.39 is 10.0 Å². The molecular formula is C20H26N2O6S2. The van der Waals surface area contributed by atoms with E-state index in [-0.39, 0.29) is 41.0 Å². The largest absolute Gasteiger partial charge is 0.493 e. The van der Waals surface area contributed by atoms with E-state index in [1.165, 1.54) is 30.7 Å². The summed E-state index contributed by atoms with van der Waals surface area (Å²) in [6.45, 7) is 3.59. The number of sulfonamides is 1. The summed E-state index contributed by atoms with van der Waals surface area (Å²) in [7, 11) is 0.706. The molecule has 0 radical (unpaired) electrons. The Bertz CT molecular complexity index is 1010.